The van der Waals surface area contributed by atoms with Gasteiger partial charge in [-0.15, -0.1) is 0 Å². The summed E-state index contributed by atoms with van der Waals surface area (Å²) in [6.07, 6.45) is 1.39. The van der Waals surface area contributed by atoms with Crippen molar-refractivity contribution in [2.45, 2.75) is 0 Å². The van der Waals surface area contributed by atoms with Crippen molar-refractivity contribution >= 4 is 23.1 Å². The van der Waals surface area contributed by atoms with Crippen molar-refractivity contribution < 1.29 is 9.18 Å². The van der Waals surface area contributed by atoms with Crippen LogP contribution in [0.3, 0.4) is 0 Å². The fourth-order valence-corrected chi connectivity index (χ4v) is 3.24. The number of rotatable bonds is 4. The molecule has 142 valence electrons. The first-order valence-corrected chi connectivity index (χ1v) is 9.13. The van der Waals surface area contributed by atoms with Crippen LogP contribution in [0.15, 0.2) is 67.0 Å². The first kappa shape index (κ1) is 17.9. The Morgan fingerprint density at radius 3 is 2.39 bits per heavy atom. The molecule has 1 amide bonds. The number of hydrogen-bond acceptors (Lipinski definition) is 5. The van der Waals surface area contributed by atoms with Gasteiger partial charge >= 0.3 is 0 Å². The average molecular weight is 377 g/mol. The summed E-state index contributed by atoms with van der Waals surface area (Å²) in [6.45, 7) is 3.35. The Kier molecular flexibility index (Phi) is 5.14. The van der Waals surface area contributed by atoms with Crippen LogP contribution in [0.25, 0.3) is 0 Å². The van der Waals surface area contributed by atoms with Crippen molar-refractivity contribution in [1.82, 2.24) is 9.97 Å². The number of carbonyl (C=O) groups excluding carboxylic acids is 1. The lowest BCUT2D eigenvalue weighted by atomic mass is 10.2. The molecule has 1 aliphatic heterocycles. The van der Waals surface area contributed by atoms with E-state index < -0.39 is 11.7 Å². The maximum Gasteiger partial charge on any atom is 0.274 e. The first-order valence-electron chi connectivity index (χ1n) is 9.13. The molecule has 0 unspecified atom stereocenters. The molecular weight excluding hydrogens is 357 g/mol. The summed E-state index contributed by atoms with van der Waals surface area (Å²) < 4.78 is 13.3. The number of aromatic nitrogens is 2. The van der Waals surface area contributed by atoms with E-state index in [-0.39, 0.29) is 5.69 Å². The summed E-state index contributed by atoms with van der Waals surface area (Å²) in [5, 5.41) is 2.66. The standard InChI is InChI=1S/C21H20FN5O/c22-16-5-4-6-17(13-16)25-21(28)19-14-20(24-15-23-19)27-11-9-26(10-12-27)18-7-2-1-3-8-18/h1-8,13-15H,9-12H2,(H,25,28). The fourth-order valence-electron chi connectivity index (χ4n) is 3.24. The number of halogens is 1. The van der Waals surface area contributed by atoms with Gasteiger partial charge < -0.3 is 15.1 Å². The second kappa shape index (κ2) is 8.04. The third-order valence-electron chi connectivity index (χ3n) is 4.69. The number of benzene rings is 2. The summed E-state index contributed by atoms with van der Waals surface area (Å²) >= 11 is 0. The van der Waals surface area contributed by atoms with E-state index in [1.165, 1.54) is 24.1 Å². The molecular formula is C21H20FN5O. The number of anilines is 3. The Morgan fingerprint density at radius 1 is 0.893 bits per heavy atom. The van der Waals surface area contributed by atoms with Crippen molar-refractivity contribution in [3.05, 3.63) is 78.5 Å². The van der Waals surface area contributed by atoms with Gasteiger partial charge in [-0.1, -0.05) is 24.3 Å². The molecule has 0 spiro atoms. The number of piperazine rings is 1. The van der Waals surface area contributed by atoms with Gasteiger partial charge in [-0.05, 0) is 30.3 Å². The van der Waals surface area contributed by atoms with Crippen LogP contribution in [-0.2, 0) is 0 Å². The van der Waals surface area contributed by atoms with Crippen LogP contribution in [0, 0.1) is 5.82 Å². The molecule has 6 nitrogen and oxygen atoms in total. The Morgan fingerprint density at radius 2 is 1.64 bits per heavy atom. The lowest BCUT2D eigenvalue weighted by Crippen LogP contribution is -2.46. The Bertz CT molecular complexity index is 958. The lowest BCUT2D eigenvalue weighted by molar-refractivity contribution is 0.102. The van der Waals surface area contributed by atoms with Crippen molar-refractivity contribution in [2.24, 2.45) is 0 Å². The van der Waals surface area contributed by atoms with Gasteiger partial charge in [0.25, 0.3) is 5.91 Å². The van der Waals surface area contributed by atoms with Crippen LogP contribution in [0.1, 0.15) is 10.5 Å². The zero-order valence-electron chi connectivity index (χ0n) is 15.3. The molecule has 1 aliphatic rings. The molecule has 1 saturated heterocycles. The van der Waals surface area contributed by atoms with Crippen molar-refractivity contribution in [2.75, 3.05) is 41.3 Å². The van der Waals surface area contributed by atoms with Crippen LogP contribution in [0.2, 0.25) is 0 Å². The van der Waals surface area contributed by atoms with Gasteiger partial charge in [-0.25, -0.2) is 14.4 Å². The number of amides is 1. The highest BCUT2D eigenvalue weighted by molar-refractivity contribution is 6.03. The smallest absolute Gasteiger partial charge is 0.274 e. The van der Waals surface area contributed by atoms with E-state index in [0.717, 1.165) is 26.2 Å². The Hall–Kier alpha value is -3.48. The van der Waals surface area contributed by atoms with E-state index >= 15 is 0 Å². The van der Waals surface area contributed by atoms with E-state index in [1.54, 1.807) is 18.2 Å². The minimum absolute atomic E-state index is 0.250. The second-order valence-electron chi connectivity index (χ2n) is 6.54. The minimum Gasteiger partial charge on any atom is -0.368 e. The summed E-state index contributed by atoms with van der Waals surface area (Å²) in [5.41, 5.74) is 1.85. The molecule has 7 heteroatoms. The minimum atomic E-state index is -0.405. The van der Waals surface area contributed by atoms with E-state index in [4.69, 9.17) is 0 Å². The summed E-state index contributed by atoms with van der Waals surface area (Å²) in [7, 11) is 0. The molecule has 0 bridgehead atoms. The topological polar surface area (TPSA) is 61.4 Å². The van der Waals surface area contributed by atoms with Gasteiger partial charge in [0.15, 0.2) is 0 Å². The largest absolute Gasteiger partial charge is 0.368 e. The number of para-hydroxylation sites is 1. The summed E-state index contributed by atoms with van der Waals surface area (Å²) in [6, 6.07) is 17.7. The molecule has 1 N–H and O–H groups in total. The third kappa shape index (κ3) is 4.09. The quantitative estimate of drug-likeness (QED) is 0.757. The van der Waals surface area contributed by atoms with Crippen LogP contribution in [-0.4, -0.2) is 42.1 Å². The molecule has 0 saturated carbocycles. The van der Waals surface area contributed by atoms with Gasteiger partial charge in [-0.3, -0.25) is 4.79 Å². The molecule has 4 rings (SSSR count). The molecule has 0 radical (unpaired) electrons. The van der Waals surface area contributed by atoms with Gasteiger partial charge in [0.1, 0.15) is 23.7 Å². The average Bonchev–Trinajstić information content (AvgIpc) is 2.75. The molecule has 1 fully saturated rings. The van der Waals surface area contributed by atoms with E-state index in [0.29, 0.717) is 11.5 Å². The Balaban J connectivity index is 1.42. The van der Waals surface area contributed by atoms with Gasteiger partial charge in [0.05, 0.1) is 0 Å². The Labute approximate surface area is 162 Å². The molecule has 3 aromatic rings. The number of nitrogens with one attached hydrogen (secondary N) is 1. The SMILES string of the molecule is O=C(Nc1cccc(F)c1)c1cc(N2CCN(c3ccccc3)CC2)ncn1. The maximum absolute atomic E-state index is 13.3. The molecule has 2 aromatic carbocycles. The molecule has 1 aromatic heterocycles. The fraction of sp³-hybridized carbons (Fsp3) is 0.190. The van der Waals surface area contributed by atoms with E-state index in [9.17, 15) is 9.18 Å². The van der Waals surface area contributed by atoms with Crippen LogP contribution >= 0.6 is 0 Å². The monoisotopic (exact) mass is 377 g/mol. The van der Waals surface area contributed by atoms with E-state index in [2.05, 4.69) is 37.2 Å². The zero-order valence-corrected chi connectivity index (χ0v) is 15.3. The van der Waals surface area contributed by atoms with Crippen molar-refractivity contribution in [1.29, 1.82) is 0 Å². The number of carbonyl (C=O) groups is 1. The van der Waals surface area contributed by atoms with Gasteiger partial charge in [0, 0.05) is 43.6 Å². The van der Waals surface area contributed by atoms with Crippen LogP contribution < -0.4 is 15.1 Å². The maximum atomic E-state index is 13.3. The molecule has 0 aliphatic carbocycles. The van der Waals surface area contributed by atoms with Crippen molar-refractivity contribution in [3.63, 3.8) is 0 Å². The second-order valence-corrected chi connectivity index (χ2v) is 6.54. The van der Waals surface area contributed by atoms with Crippen molar-refractivity contribution in [3.8, 4) is 0 Å². The highest BCUT2D eigenvalue weighted by atomic mass is 19.1. The zero-order chi connectivity index (χ0) is 19.3. The third-order valence-corrected chi connectivity index (χ3v) is 4.69. The van der Waals surface area contributed by atoms with Gasteiger partial charge in [-0.2, -0.15) is 0 Å². The van der Waals surface area contributed by atoms with Crippen LogP contribution in [0.4, 0.5) is 21.6 Å². The lowest BCUT2D eigenvalue weighted by Gasteiger charge is -2.36. The first-order chi connectivity index (χ1) is 13.7. The van der Waals surface area contributed by atoms with Crippen LogP contribution in [0.5, 0.6) is 0 Å². The highest BCUT2D eigenvalue weighted by Gasteiger charge is 2.19. The number of nitrogens with zero attached hydrogens (tertiary/aromatic N) is 4. The summed E-state index contributed by atoms with van der Waals surface area (Å²) in [5.74, 6) is -0.0817. The predicted molar refractivity (Wildman–Crippen MR) is 107 cm³/mol. The number of hydrogen-bond donors (Lipinski definition) is 1. The predicted octanol–water partition coefficient (Wildman–Crippen LogP) is 3.19. The molecule has 0 atom stereocenters. The normalized spacial score (nSPS) is 14.0. The summed E-state index contributed by atoms with van der Waals surface area (Å²) in [4.78, 5) is 25.3. The highest BCUT2D eigenvalue weighted by Crippen LogP contribution is 2.19. The molecule has 28 heavy (non-hydrogen) atoms. The molecule has 2 heterocycles. The van der Waals surface area contributed by atoms with Gasteiger partial charge in [0.2, 0.25) is 0 Å². The van der Waals surface area contributed by atoms with E-state index in [1.807, 2.05) is 18.2 Å².